The fourth-order valence-corrected chi connectivity index (χ4v) is 8.46. The molecular weight excluding hydrogens is 485 g/mol. The number of carboxylic acids is 1. The van der Waals surface area contributed by atoms with Gasteiger partial charge in [-0.05, 0) is 23.5 Å². The van der Waals surface area contributed by atoms with Crippen LogP contribution in [0.4, 0.5) is 0 Å². The van der Waals surface area contributed by atoms with Gasteiger partial charge in [0.25, 0.3) is 5.91 Å². The number of carboxylic acid groups (broad SMARTS) is 1. The van der Waals surface area contributed by atoms with Crippen molar-refractivity contribution in [1.29, 1.82) is 0 Å². The molecule has 0 saturated carbocycles. The van der Waals surface area contributed by atoms with Crippen LogP contribution in [0.15, 0.2) is 26.6 Å². The molecule has 2 amide bonds. The van der Waals surface area contributed by atoms with E-state index >= 15 is 0 Å². The molecular formula is C17H18N4O4S5. The van der Waals surface area contributed by atoms with Gasteiger partial charge in [0.15, 0.2) is 4.34 Å². The molecule has 0 aliphatic carbocycles. The number of amides is 2. The molecule has 0 bridgehead atoms. The van der Waals surface area contributed by atoms with E-state index in [9.17, 15) is 19.5 Å². The first-order chi connectivity index (χ1) is 14.4. The van der Waals surface area contributed by atoms with Crippen LogP contribution >= 0.6 is 58.4 Å². The molecule has 2 N–H and O–H groups in total. The molecule has 4 heterocycles. The molecule has 1 aromatic rings. The van der Waals surface area contributed by atoms with Gasteiger partial charge in [-0.3, -0.25) is 14.5 Å². The Labute approximate surface area is 194 Å². The highest BCUT2D eigenvalue weighted by Crippen LogP contribution is 2.42. The van der Waals surface area contributed by atoms with Crippen LogP contribution in [0.3, 0.4) is 0 Å². The second-order valence-corrected chi connectivity index (χ2v) is 12.4. The van der Waals surface area contributed by atoms with E-state index in [4.69, 9.17) is 0 Å². The van der Waals surface area contributed by atoms with E-state index in [-0.39, 0.29) is 29.3 Å². The Bertz CT molecular complexity index is 946. The summed E-state index contributed by atoms with van der Waals surface area (Å²) in [5.74, 6) is 0.0605. The number of rotatable bonds is 7. The Balaban J connectivity index is 1.41. The molecule has 0 spiro atoms. The van der Waals surface area contributed by atoms with Gasteiger partial charge in [0, 0.05) is 28.8 Å². The zero-order valence-electron chi connectivity index (χ0n) is 15.8. The molecule has 160 valence electrons. The molecule has 0 radical (unpaired) electrons. The van der Waals surface area contributed by atoms with Crippen LogP contribution in [0, 0.1) is 6.92 Å². The number of aromatic nitrogens is 2. The maximum absolute atomic E-state index is 12.7. The van der Waals surface area contributed by atoms with E-state index in [2.05, 4.69) is 15.5 Å². The second-order valence-electron chi connectivity index (χ2n) is 6.67. The first-order valence-electron chi connectivity index (χ1n) is 8.93. The number of nitrogens with zero attached hydrogens (tertiary/aromatic N) is 3. The second kappa shape index (κ2) is 9.55. The Kier molecular flexibility index (Phi) is 7.02. The lowest BCUT2D eigenvalue weighted by Crippen LogP contribution is -2.70. The number of carbonyl (C=O) groups is 3. The normalized spacial score (nSPS) is 23.6. The Hall–Kier alpha value is -1.15. The minimum Gasteiger partial charge on any atom is -0.477 e. The summed E-state index contributed by atoms with van der Waals surface area (Å²) >= 11 is 7.79. The van der Waals surface area contributed by atoms with Gasteiger partial charge in [-0.25, -0.2) is 4.79 Å². The summed E-state index contributed by atoms with van der Waals surface area (Å²) in [6, 6.07) is -0.679. The first kappa shape index (κ1) is 22.1. The molecule has 2 unspecified atom stereocenters. The molecule has 1 saturated heterocycles. The molecule has 30 heavy (non-hydrogen) atoms. The zero-order chi connectivity index (χ0) is 21.3. The predicted molar refractivity (Wildman–Crippen MR) is 123 cm³/mol. The molecule has 1 aromatic heterocycles. The number of carbonyl (C=O) groups excluding carboxylic acids is 2. The van der Waals surface area contributed by atoms with Crippen LogP contribution in [0.2, 0.25) is 0 Å². The molecule has 4 rings (SSSR count). The average molecular weight is 503 g/mol. The van der Waals surface area contributed by atoms with Crippen molar-refractivity contribution in [1.82, 2.24) is 20.4 Å². The van der Waals surface area contributed by atoms with Crippen LogP contribution in [0.1, 0.15) is 11.4 Å². The lowest BCUT2D eigenvalue weighted by molar-refractivity contribution is -0.150. The van der Waals surface area contributed by atoms with Crippen LogP contribution in [-0.2, 0) is 14.4 Å². The molecule has 13 heteroatoms. The summed E-state index contributed by atoms with van der Waals surface area (Å²) in [6.07, 6.45) is 0.270. The van der Waals surface area contributed by atoms with Crippen LogP contribution in [0.25, 0.3) is 0 Å². The minimum absolute atomic E-state index is 0.0331. The van der Waals surface area contributed by atoms with E-state index in [1.54, 1.807) is 23.5 Å². The average Bonchev–Trinajstić information content (AvgIpc) is 3.15. The highest BCUT2D eigenvalue weighted by atomic mass is 32.2. The molecule has 8 nitrogen and oxygen atoms in total. The summed E-state index contributed by atoms with van der Waals surface area (Å²) in [5, 5.41) is 24.0. The van der Waals surface area contributed by atoms with Gasteiger partial charge in [0.05, 0.1) is 0 Å². The molecule has 2 atom stereocenters. The number of thioether (sulfide) groups is 4. The van der Waals surface area contributed by atoms with Gasteiger partial charge in [-0.15, -0.1) is 45.5 Å². The van der Waals surface area contributed by atoms with Gasteiger partial charge < -0.3 is 10.4 Å². The standard InChI is InChI=1S/C17H18N4O4S5/c1-8-19-20-17(30-8)29-6-10-5-28-15-12(14(23)21(15)13(10)16(24)25)18-11(22)2-9-3-26-7-27-4-9/h3,12,15H,2,4-7H2,1H3,(H,18,22)(H,24,25). The van der Waals surface area contributed by atoms with Gasteiger partial charge in [-0.1, -0.05) is 23.1 Å². The van der Waals surface area contributed by atoms with Crippen LogP contribution < -0.4 is 5.32 Å². The van der Waals surface area contributed by atoms with E-state index in [0.717, 1.165) is 25.8 Å². The molecule has 3 aliphatic heterocycles. The fraction of sp³-hybridized carbons (Fsp3) is 0.471. The lowest BCUT2D eigenvalue weighted by Gasteiger charge is -2.49. The number of hydrogen-bond acceptors (Lipinski definition) is 10. The van der Waals surface area contributed by atoms with Gasteiger partial charge >= 0.3 is 5.97 Å². The molecule has 0 aromatic carbocycles. The first-order valence-corrected chi connectivity index (χ1v) is 14.0. The summed E-state index contributed by atoms with van der Waals surface area (Å²) in [7, 11) is 0. The highest BCUT2D eigenvalue weighted by molar-refractivity contribution is 8.18. The zero-order valence-corrected chi connectivity index (χ0v) is 19.9. The molecule has 1 fully saturated rings. The summed E-state index contributed by atoms with van der Waals surface area (Å²) in [5.41, 5.74) is 1.76. The van der Waals surface area contributed by atoms with Crippen molar-refractivity contribution in [2.24, 2.45) is 0 Å². The number of fused-ring (bicyclic) bond motifs is 1. The Morgan fingerprint density at radius 1 is 1.37 bits per heavy atom. The van der Waals surface area contributed by atoms with Gasteiger partial charge in [-0.2, -0.15) is 0 Å². The fourth-order valence-electron chi connectivity index (χ4n) is 3.21. The van der Waals surface area contributed by atoms with Crippen molar-refractivity contribution in [3.8, 4) is 0 Å². The van der Waals surface area contributed by atoms with Crippen LogP contribution in [0.5, 0.6) is 0 Å². The quantitative estimate of drug-likeness (QED) is 0.426. The maximum Gasteiger partial charge on any atom is 0.352 e. The van der Waals surface area contributed by atoms with Gasteiger partial charge in [0.1, 0.15) is 22.1 Å². The van der Waals surface area contributed by atoms with Crippen molar-refractivity contribution in [2.45, 2.75) is 29.1 Å². The molecule has 3 aliphatic rings. The smallest absolute Gasteiger partial charge is 0.352 e. The number of aryl methyl sites for hydroxylation is 1. The van der Waals surface area contributed by atoms with E-state index in [0.29, 0.717) is 17.1 Å². The summed E-state index contributed by atoms with van der Waals surface area (Å²) < 4.78 is 0.769. The van der Waals surface area contributed by atoms with E-state index in [1.807, 2.05) is 12.3 Å². The topological polar surface area (TPSA) is 112 Å². The number of aliphatic carboxylic acids is 1. The van der Waals surface area contributed by atoms with Crippen molar-refractivity contribution < 1.29 is 19.5 Å². The number of nitrogens with one attached hydrogen (secondary N) is 1. The van der Waals surface area contributed by atoms with Crippen molar-refractivity contribution >= 4 is 76.2 Å². The lowest BCUT2D eigenvalue weighted by atomic mass is 10.0. The van der Waals surface area contributed by atoms with Crippen LogP contribution in [-0.4, -0.2) is 71.7 Å². The van der Waals surface area contributed by atoms with Crippen molar-refractivity contribution in [2.75, 3.05) is 22.3 Å². The Morgan fingerprint density at radius 2 is 2.20 bits per heavy atom. The summed E-state index contributed by atoms with van der Waals surface area (Å²) in [4.78, 5) is 38.3. The number of β-lactam (4-membered cyclic amide) rings is 1. The SMILES string of the molecule is Cc1nnc(SCC2=C(C(=O)O)N3C(=O)C(NC(=O)CC4=CSCSC4)C3SC2)s1. The highest BCUT2D eigenvalue weighted by Gasteiger charge is 2.54. The van der Waals surface area contributed by atoms with Gasteiger partial charge in [0.2, 0.25) is 5.91 Å². The van der Waals surface area contributed by atoms with E-state index in [1.165, 1.54) is 39.8 Å². The maximum atomic E-state index is 12.7. The largest absolute Gasteiger partial charge is 0.477 e. The van der Waals surface area contributed by atoms with E-state index < -0.39 is 12.0 Å². The monoisotopic (exact) mass is 502 g/mol. The summed E-state index contributed by atoms with van der Waals surface area (Å²) in [6.45, 7) is 1.86. The Morgan fingerprint density at radius 3 is 2.87 bits per heavy atom. The third-order valence-corrected chi connectivity index (χ3v) is 10.2. The van der Waals surface area contributed by atoms with Crippen molar-refractivity contribution in [3.63, 3.8) is 0 Å². The predicted octanol–water partition coefficient (Wildman–Crippen LogP) is 2.39. The third-order valence-electron chi connectivity index (χ3n) is 4.52. The van der Waals surface area contributed by atoms with Crippen molar-refractivity contribution in [3.05, 3.63) is 27.3 Å². The number of hydrogen-bond donors (Lipinski definition) is 2. The third kappa shape index (κ3) is 4.69. The minimum atomic E-state index is -1.12.